The van der Waals surface area contributed by atoms with Crippen molar-refractivity contribution in [1.82, 2.24) is 5.32 Å². The van der Waals surface area contributed by atoms with Crippen molar-refractivity contribution >= 4 is 0 Å². The normalized spacial score (nSPS) is 22.1. The third kappa shape index (κ3) is 4.10. The molecule has 1 fully saturated rings. The highest BCUT2D eigenvalue weighted by Crippen LogP contribution is 2.44. The van der Waals surface area contributed by atoms with Gasteiger partial charge in [-0.3, -0.25) is 0 Å². The van der Waals surface area contributed by atoms with Crippen LogP contribution in [0.2, 0.25) is 0 Å². The quantitative estimate of drug-likeness (QED) is 0.819. The van der Waals surface area contributed by atoms with Crippen molar-refractivity contribution in [2.75, 3.05) is 13.2 Å². The highest BCUT2D eigenvalue weighted by atomic mass is 16.5. The summed E-state index contributed by atoms with van der Waals surface area (Å²) in [5, 5.41) is 3.68. The van der Waals surface area contributed by atoms with Crippen LogP contribution in [0.1, 0.15) is 58.9 Å². The van der Waals surface area contributed by atoms with Crippen molar-refractivity contribution in [2.45, 2.75) is 71.4 Å². The van der Waals surface area contributed by atoms with E-state index in [2.05, 4.69) is 39.1 Å². The fourth-order valence-corrected chi connectivity index (χ4v) is 3.57. The Kier molecular flexibility index (Phi) is 5.50. The summed E-state index contributed by atoms with van der Waals surface area (Å²) in [6.07, 6.45) is 9.35. The Hall–Kier alpha value is -0.800. The number of nitrogens with one attached hydrogen (secondary N) is 1. The van der Waals surface area contributed by atoms with Crippen molar-refractivity contribution in [1.29, 1.82) is 0 Å². The van der Waals surface area contributed by atoms with Gasteiger partial charge in [0.2, 0.25) is 0 Å². The molecule has 1 atom stereocenters. The van der Waals surface area contributed by atoms with Crippen molar-refractivity contribution in [3.05, 3.63) is 24.2 Å². The van der Waals surface area contributed by atoms with Crippen LogP contribution in [0.15, 0.2) is 23.0 Å². The molecule has 21 heavy (non-hydrogen) atoms. The molecule has 1 aromatic heterocycles. The van der Waals surface area contributed by atoms with Crippen LogP contribution in [0, 0.1) is 5.41 Å². The van der Waals surface area contributed by atoms with Crippen LogP contribution in [0.4, 0.5) is 0 Å². The second-order valence-corrected chi connectivity index (χ2v) is 7.11. The minimum absolute atomic E-state index is 0.0302. The lowest BCUT2D eigenvalue weighted by Crippen LogP contribution is -2.56. The summed E-state index contributed by atoms with van der Waals surface area (Å²) >= 11 is 0. The second kappa shape index (κ2) is 6.97. The summed E-state index contributed by atoms with van der Waals surface area (Å²) in [5.74, 6) is 0. The van der Waals surface area contributed by atoms with Crippen LogP contribution in [-0.2, 0) is 11.2 Å². The van der Waals surface area contributed by atoms with Crippen molar-refractivity contribution < 1.29 is 9.15 Å². The van der Waals surface area contributed by atoms with E-state index in [9.17, 15) is 0 Å². The Morgan fingerprint density at radius 3 is 2.48 bits per heavy atom. The average Bonchev–Trinajstić information content (AvgIpc) is 2.94. The maximum atomic E-state index is 6.33. The predicted molar refractivity (Wildman–Crippen MR) is 86.5 cm³/mol. The maximum Gasteiger partial charge on any atom is 0.0935 e. The molecule has 1 saturated carbocycles. The van der Waals surface area contributed by atoms with E-state index in [1.807, 2.05) is 6.26 Å². The van der Waals surface area contributed by atoms with Gasteiger partial charge < -0.3 is 14.5 Å². The molecule has 1 aromatic rings. The summed E-state index contributed by atoms with van der Waals surface area (Å²) in [7, 11) is 0. The van der Waals surface area contributed by atoms with E-state index in [-0.39, 0.29) is 5.60 Å². The highest BCUT2D eigenvalue weighted by molar-refractivity contribution is 5.11. The molecule has 0 saturated heterocycles. The summed E-state index contributed by atoms with van der Waals surface area (Å²) in [6.45, 7) is 10.8. The summed E-state index contributed by atoms with van der Waals surface area (Å²) < 4.78 is 11.6. The molecule has 0 amide bonds. The van der Waals surface area contributed by atoms with Gasteiger partial charge in [0.15, 0.2) is 0 Å². The molecule has 3 nitrogen and oxygen atoms in total. The molecule has 0 radical (unpaired) electrons. The van der Waals surface area contributed by atoms with Crippen molar-refractivity contribution in [2.24, 2.45) is 5.41 Å². The first-order chi connectivity index (χ1) is 10.0. The summed E-state index contributed by atoms with van der Waals surface area (Å²) in [4.78, 5) is 0. The lowest BCUT2D eigenvalue weighted by molar-refractivity contribution is -0.106. The third-order valence-electron chi connectivity index (χ3n) is 4.99. The van der Waals surface area contributed by atoms with Crippen LogP contribution in [0.5, 0.6) is 0 Å². The standard InChI is InChI=1S/C18H31NO2/c1-5-19-16(13-15-7-12-20-14-15)18(21-6-2)10-8-17(3,4)9-11-18/h7,12,14,16,19H,5-6,8-11,13H2,1-4H3. The molecular weight excluding hydrogens is 262 g/mol. The van der Waals surface area contributed by atoms with Gasteiger partial charge in [-0.1, -0.05) is 20.8 Å². The van der Waals surface area contributed by atoms with Crippen molar-refractivity contribution in [3.8, 4) is 0 Å². The molecule has 3 heteroatoms. The molecule has 1 heterocycles. The van der Waals surface area contributed by atoms with Gasteiger partial charge in [-0.2, -0.15) is 0 Å². The zero-order valence-electron chi connectivity index (χ0n) is 14.1. The zero-order chi connectivity index (χ0) is 15.3. The fraction of sp³-hybridized carbons (Fsp3) is 0.778. The summed E-state index contributed by atoms with van der Waals surface area (Å²) in [5.41, 5.74) is 1.68. The van der Waals surface area contributed by atoms with Gasteiger partial charge >= 0.3 is 0 Å². The molecule has 120 valence electrons. The van der Waals surface area contributed by atoms with Crippen LogP contribution in [-0.4, -0.2) is 24.8 Å². The van der Waals surface area contributed by atoms with E-state index in [4.69, 9.17) is 9.15 Å². The molecule has 2 rings (SSSR count). The van der Waals surface area contributed by atoms with Gasteiger partial charge in [-0.05, 0) is 62.6 Å². The Morgan fingerprint density at radius 1 is 1.24 bits per heavy atom. The van der Waals surface area contributed by atoms with E-state index < -0.39 is 0 Å². The van der Waals surface area contributed by atoms with E-state index >= 15 is 0 Å². The molecule has 1 N–H and O–H groups in total. The number of likely N-dealkylation sites (N-methyl/N-ethyl adjacent to an activating group) is 1. The third-order valence-corrected chi connectivity index (χ3v) is 4.99. The average molecular weight is 293 g/mol. The van der Waals surface area contributed by atoms with E-state index in [0.717, 1.165) is 32.4 Å². The van der Waals surface area contributed by atoms with Crippen LogP contribution in [0.3, 0.4) is 0 Å². The number of rotatable bonds is 7. The Labute approximate surface area is 129 Å². The largest absolute Gasteiger partial charge is 0.472 e. The first-order valence-corrected chi connectivity index (χ1v) is 8.40. The molecule has 1 aliphatic rings. The Balaban J connectivity index is 2.15. The lowest BCUT2D eigenvalue weighted by Gasteiger charge is -2.48. The maximum absolute atomic E-state index is 6.33. The van der Waals surface area contributed by atoms with E-state index in [0.29, 0.717) is 11.5 Å². The molecule has 1 unspecified atom stereocenters. The van der Waals surface area contributed by atoms with Gasteiger partial charge in [0, 0.05) is 12.6 Å². The summed E-state index contributed by atoms with van der Waals surface area (Å²) in [6, 6.07) is 2.42. The minimum atomic E-state index is -0.0302. The molecule has 1 aliphatic carbocycles. The molecule has 0 spiro atoms. The Morgan fingerprint density at radius 2 is 1.95 bits per heavy atom. The first-order valence-electron chi connectivity index (χ1n) is 8.40. The SMILES string of the molecule is CCNC(Cc1ccoc1)C1(OCC)CCC(C)(C)CC1. The van der Waals surface area contributed by atoms with Crippen LogP contribution >= 0.6 is 0 Å². The van der Waals surface area contributed by atoms with Crippen molar-refractivity contribution in [3.63, 3.8) is 0 Å². The smallest absolute Gasteiger partial charge is 0.0935 e. The van der Waals surface area contributed by atoms with E-state index in [1.165, 1.54) is 18.4 Å². The minimum Gasteiger partial charge on any atom is -0.472 e. The Bertz CT molecular complexity index is 401. The lowest BCUT2D eigenvalue weighted by atomic mass is 9.67. The first kappa shape index (κ1) is 16.6. The molecule has 0 aliphatic heterocycles. The number of furan rings is 1. The number of ether oxygens (including phenoxy) is 1. The topological polar surface area (TPSA) is 34.4 Å². The second-order valence-electron chi connectivity index (χ2n) is 7.11. The number of hydrogen-bond donors (Lipinski definition) is 1. The van der Waals surface area contributed by atoms with Crippen LogP contribution < -0.4 is 5.32 Å². The van der Waals surface area contributed by atoms with Gasteiger partial charge in [0.1, 0.15) is 0 Å². The molecule has 0 aromatic carbocycles. The number of hydrogen-bond acceptors (Lipinski definition) is 3. The molecule has 0 bridgehead atoms. The van der Waals surface area contributed by atoms with E-state index in [1.54, 1.807) is 6.26 Å². The van der Waals surface area contributed by atoms with Gasteiger partial charge in [0.25, 0.3) is 0 Å². The predicted octanol–water partition coefficient (Wildman–Crippen LogP) is 4.18. The molecular formula is C18H31NO2. The highest BCUT2D eigenvalue weighted by Gasteiger charge is 2.44. The van der Waals surface area contributed by atoms with Gasteiger partial charge in [0.05, 0.1) is 18.1 Å². The van der Waals surface area contributed by atoms with Gasteiger partial charge in [-0.15, -0.1) is 0 Å². The van der Waals surface area contributed by atoms with Crippen LogP contribution in [0.25, 0.3) is 0 Å². The van der Waals surface area contributed by atoms with Gasteiger partial charge in [-0.25, -0.2) is 0 Å². The fourth-order valence-electron chi connectivity index (χ4n) is 3.57. The zero-order valence-corrected chi connectivity index (χ0v) is 14.1. The monoisotopic (exact) mass is 293 g/mol.